The highest BCUT2D eigenvalue weighted by Crippen LogP contribution is 2.31. The van der Waals surface area contributed by atoms with Gasteiger partial charge in [0, 0.05) is 5.02 Å². The lowest BCUT2D eigenvalue weighted by atomic mass is 10.0. The molecular formula is C14H22ClNO3S. The molecule has 0 radical (unpaired) electrons. The summed E-state index contributed by atoms with van der Waals surface area (Å²) in [4.78, 5) is 0. The van der Waals surface area contributed by atoms with E-state index in [-0.39, 0.29) is 5.75 Å². The van der Waals surface area contributed by atoms with Gasteiger partial charge in [0.2, 0.25) is 10.0 Å². The van der Waals surface area contributed by atoms with E-state index in [9.17, 15) is 8.42 Å². The molecule has 114 valence electrons. The van der Waals surface area contributed by atoms with E-state index in [0.717, 1.165) is 21.9 Å². The number of hydrogen-bond acceptors (Lipinski definition) is 3. The molecule has 1 rings (SSSR count). The molecule has 20 heavy (non-hydrogen) atoms. The second-order valence-corrected chi connectivity index (χ2v) is 7.36. The summed E-state index contributed by atoms with van der Waals surface area (Å²) in [5.41, 5.74) is 2.03. The summed E-state index contributed by atoms with van der Waals surface area (Å²) in [7, 11) is -3.37. The quantitative estimate of drug-likeness (QED) is 0.784. The minimum absolute atomic E-state index is 0.00674. The van der Waals surface area contributed by atoms with Crippen LogP contribution in [0.3, 0.4) is 0 Å². The van der Waals surface area contributed by atoms with E-state index >= 15 is 0 Å². The van der Waals surface area contributed by atoms with Crippen molar-refractivity contribution in [1.29, 1.82) is 0 Å². The summed E-state index contributed by atoms with van der Waals surface area (Å²) >= 11 is 6.19. The van der Waals surface area contributed by atoms with Crippen LogP contribution in [0.4, 0.5) is 0 Å². The Balaban J connectivity index is 2.58. The second-order valence-electron chi connectivity index (χ2n) is 5.22. The molecule has 0 aliphatic rings. The SMILES string of the molecule is Cc1cc(Cl)c(C(C)C)cc1OCCCCS(N)(=O)=O. The van der Waals surface area contributed by atoms with Gasteiger partial charge in [0.1, 0.15) is 5.75 Å². The van der Waals surface area contributed by atoms with Crippen molar-refractivity contribution in [3.8, 4) is 5.75 Å². The number of rotatable bonds is 7. The number of nitrogens with two attached hydrogens (primary N) is 1. The summed E-state index contributed by atoms with van der Waals surface area (Å²) < 4.78 is 27.3. The van der Waals surface area contributed by atoms with Crippen LogP contribution in [-0.2, 0) is 10.0 Å². The van der Waals surface area contributed by atoms with Crippen LogP contribution in [0.1, 0.15) is 43.7 Å². The lowest BCUT2D eigenvalue weighted by Gasteiger charge is -2.14. The molecular weight excluding hydrogens is 298 g/mol. The molecule has 0 unspecified atom stereocenters. The van der Waals surface area contributed by atoms with E-state index in [0.29, 0.717) is 25.4 Å². The lowest BCUT2D eigenvalue weighted by molar-refractivity contribution is 0.307. The van der Waals surface area contributed by atoms with E-state index < -0.39 is 10.0 Å². The van der Waals surface area contributed by atoms with Crippen molar-refractivity contribution in [3.63, 3.8) is 0 Å². The predicted molar refractivity (Wildman–Crippen MR) is 83.0 cm³/mol. The van der Waals surface area contributed by atoms with E-state index in [1.165, 1.54) is 0 Å². The minimum Gasteiger partial charge on any atom is -0.493 e. The monoisotopic (exact) mass is 319 g/mol. The number of hydrogen-bond donors (Lipinski definition) is 1. The van der Waals surface area contributed by atoms with Crippen LogP contribution in [0.2, 0.25) is 5.02 Å². The molecule has 0 amide bonds. The fourth-order valence-electron chi connectivity index (χ4n) is 1.85. The van der Waals surface area contributed by atoms with Gasteiger partial charge in [-0.25, -0.2) is 13.6 Å². The Hall–Kier alpha value is -0.780. The third kappa shape index (κ3) is 5.69. The van der Waals surface area contributed by atoms with Gasteiger partial charge in [0.25, 0.3) is 0 Å². The van der Waals surface area contributed by atoms with Gasteiger partial charge in [-0.05, 0) is 48.9 Å². The van der Waals surface area contributed by atoms with E-state index in [4.69, 9.17) is 21.5 Å². The van der Waals surface area contributed by atoms with Crippen LogP contribution >= 0.6 is 11.6 Å². The average molecular weight is 320 g/mol. The molecule has 1 aromatic rings. The van der Waals surface area contributed by atoms with Gasteiger partial charge in [-0.15, -0.1) is 0 Å². The van der Waals surface area contributed by atoms with Gasteiger partial charge in [-0.2, -0.15) is 0 Å². The van der Waals surface area contributed by atoms with Gasteiger partial charge in [-0.1, -0.05) is 25.4 Å². The first-order valence-corrected chi connectivity index (χ1v) is 8.73. The molecule has 0 heterocycles. The zero-order valence-electron chi connectivity index (χ0n) is 12.1. The van der Waals surface area contributed by atoms with Crippen molar-refractivity contribution in [2.45, 2.75) is 39.5 Å². The second kappa shape index (κ2) is 7.29. The van der Waals surface area contributed by atoms with E-state index in [1.807, 2.05) is 19.1 Å². The van der Waals surface area contributed by atoms with Crippen LogP contribution in [0.25, 0.3) is 0 Å². The Morgan fingerprint density at radius 1 is 1.30 bits per heavy atom. The summed E-state index contributed by atoms with van der Waals surface area (Å²) in [5, 5.41) is 5.69. The van der Waals surface area contributed by atoms with Gasteiger partial charge in [0.15, 0.2) is 0 Å². The Bertz CT molecular complexity index is 556. The molecule has 0 spiro atoms. The normalized spacial score (nSPS) is 11.9. The molecule has 6 heteroatoms. The van der Waals surface area contributed by atoms with Gasteiger partial charge in [-0.3, -0.25) is 0 Å². The molecule has 0 aliphatic heterocycles. The van der Waals surface area contributed by atoms with Gasteiger partial charge in [0.05, 0.1) is 12.4 Å². The van der Waals surface area contributed by atoms with Crippen LogP contribution in [-0.4, -0.2) is 20.8 Å². The van der Waals surface area contributed by atoms with E-state index in [2.05, 4.69) is 13.8 Å². The fraction of sp³-hybridized carbons (Fsp3) is 0.571. The predicted octanol–water partition coefficient (Wildman–Crippen LogP) is 3.22. The van der Waals surface area contributed by atoms with Crippen molar-refractivity contribution in [2.75, 3.05) is 12.4 Å². The molecule has 0 fully saturated rings. The third-order valence-electron chi connectivity index (χ3n) is 3.00. The first kappa shape index (κ1) is 17.3. The highest BCUT2D eigenvalue weighted by atomic mass is 35.5. The first-order valence-electron chi connectivity index (χ1n) is 6.64. The number of benzene rings is 1. The van der Waals surface area contributed by atoms with E-state index in [1.54, 1.807) is 0 Å². The van der Waals surface area contributed by atoms with Crippen molar-refractivity contribution < 1.29 is 13.2 Å². The van der Waals surface area contributed by atoms with Crippen LogP contribution in [0.15, 0.2) is 12.1 Å². The number of unbranched alkanes of at least 4 members (excludes halogenated alkanes) is 1. The number of sulfonamides is 1. The van der Waals surface area contributed by atoms with Crippen molar-refractivity contribution in [2.24, 2.45) is 5.14 Å². The summed E-state index contributed by atoms with van der Waals surface area (Å²) in [6.45, 7) is 6.56. The minimum atomic E-state index is -3.37. The summed E-state index contributed by atoms with van der Waals surface area (Å²) in [6.07, 6.45) is 1.15. The zero-order chi connectivity index (χ0) is 15.3. The molecule has 0 atom stereocenters. The van der Waals surface area contributed by atoms with Crippen molar-refractivity contribution in [1.82, 2.24) is 0 Å². The van der Waals surface area contributed by atoms with Gasteiger partial charge >= 0.3 is 0 Å². The Morgan fingerprint density at radius 3 is 2.50 bits per heavy atom. The summed E-state index contributed by atoms with van der Waals surface area (Å²) in [5.74, 6) is 1.12. The Kier molecular flexibility index (Phi) is 6.30. The first-order chi connectivity index (χ1) is 9.20. The smallest absolute Gasteiger partial charge is 0.209 e. The lowest BCUT2D eigenvalue weighted by Crippen LogP contribution is -2.16. The standard InChI is InChI=1S/C14H22ClNO3S/c1-10(2)12-9-14(11(3)8-13(12)15)19-6-4-5-7-20(16,17)18/h8-10H,4-7H2,1-3H3,(H2,16,17,18). The average Bonchev–Trinajstić information content (AvgIpc) is 2.29. The molecule has 0 saturated heterocycles. The largest absolute Gasteiger partial charge is 0.493 e. The summed E-state index contributed by atoms with van der Waals surface area (Å²) in [6, 6.07) is 3.86. The van der Waals surface area contributed by atoms with Crippen LogP contribution < -0.4 is 9.88 Å². The maximum Gasteiger partial charge on any atom is 0.209 e. The van der Waals surface area contributed by atoms with Crippen molar-refractivity contribution in [3.05, 3.63) is 28.3 Å². The molecule has 0 aromatic heterocycles. The van der Waals surface area contributed by atoms with Crippen LogP contribution in [0, 0.1) is 6.92 Å². The van der Waals surface area contributed by atoms with Crippen LogP contribution in [0.5, 0.6) is 5.75 Å². The fourth-order valence-corrected chi connectivity index (χ4v) is 2.90. The molecule has 0 bridgehead atoms. The molecule has 4 nitrogen and oxygen atoms in total. The number of primary sulfonamides is 1. The highest BCUT2D eigenvalue weighted by molar-refractivity contribution is 7.89. The molecule has 2 N–H and O–H groups in total. The molecule has 0 aliphatic carbocycles. The van der Waals surface area contributed by atoms with Crippen molar-refractivity contribution >= 4 is 21.6 Å². The molecule has 1 aromatic carbocycles. The zero-order valence-corrected chi connectivity index (χ0v) is 13.7. The topological polar surface area (TPSA) is 69.4 Å². The maximum absolute atomic E-state index is 10.8. The Labute approximate surface area is 126 Å². The third-order valence-corrected chi connectivity index (χ3v) is 4.18. The maximum atomic E-state index is 10.8. The number of halogens is 1. The number of aryl methyl sites for hydroxylation is 1. The highest BCUT2D eigenvalue weighted by Gasteiger charge is 2.10. The molecule has 0 saturated carbocycles. The Morgan fingerprint density at radius 2 is 1.95 bits per heavy atom. The van der Waals surface area contributed by atoms with Gasteiger partial charge < -0.3 is 4.74 Å². The number of ether oxygens (including phenoxy) is 1.